The number of carbonyl (C=O) groups is 2. The maximum atomic E-state index is 13.5. The van der Waals surface area contributed by atoms with Gasteiger partial charge < -0.3 is 19.8 Å². The first kappa shape index (κ1) is 17.7. The second-order valence-electron chi connectivity index (χ2n) is 9.13. The molecule has 2 N–H and O–H groups in total. The molecule has 7 heteroatoms. The number of furan rings is 1. The summed E-state index contributed by atoms with van der Waals surface area (Å²) in [5, 5.41) is 6.78. The zero-order valence-electron chi connectivity index (χ0n) is 16.2. The minimum Gasteiger partial charge on any atom is -0.470 e. The lowest BCUT2D eigenvalue weighted by Gasteiger charge is -2.31. The molecule has 6 nitrogen and oxygen atoms in total. The number of carbonyl (C=O) groups excluding carboxylic acids is 2. The molecule has 5 aliphatic rings. The summed E-state index contributed by atoms with van der Waals surface area (Å²) >= 11 is 1.49. The SMILES string of the molecule is O=C(Nc1ccoc1)c1c(NC(=O)C23CC4CC2C[C@@H](C4)C3)sc2c1CCOC2. The normalized spacial score (nSPS) is 31.7. The van der Waals surface area contributed by atoms with Gasteiger partial charge in [-0.2, -0.15) is 0 Å². The Labute approximate surface area is 173 Å². The van der Waals surface area contributed by atoms with E-state index in [2.05, 4.69) is 10.6 Å². The van der Waals surface area contributed by atoms with Crippen molar-refractivity contribution < 1.29 is 18.7 Å². The van der Waals surface area contributed by atoms with Crippen molar-refractivity contribution in [1.29, 1.82) is 0 Å². The fraction of sp³-hybridized carbons (Fsp3) is 0.545. The quantitative estimate of drug-likeness (QED) is 0.778. The summed E-state index contributed by atoms with van der Waals surface area (Å²) in [5.41, 5.74) is 2.00. The van der Waals surface area contributed by atoms with Crippen molar-refractivity contribution in [3.8, 4) is 0 Å². The second kappa shape index (κ2) is 6.44. The third-order valence-electron chi connectivity index (χ3n) is 7.50. The highest BCUT2D eigenvalue weighted by molar-refractivity contribution is 7.17. The molecule has 4 saturated carbocycles. The van der Waals surface area contributed by atoms with Crippen molar-refractivity contribution >= 4 is 33.8 Å². The monoisotopic (exact) mass is 412 g/mol. The fourth-order valence-electron chi connectivity index (χ4n) is 6.48. The van der Waals surface area contributed by atoms with E-state index in [1.54, 1.807) is 6.07 Å². The van der Waals surface area contributed by atoms with Gasteiger partial charge in [-0.25, -0.2) is 0 Å². The first-order valence-electron chi connectivity index (χ1n) is 10.5. The second-order valence-corrected chi connectivity index (χ2v) is 10.2. The predicted octanol–water partition coefficient (Wildman–Crippen LogP) is 4.43. The number of anilines is 2. The van der Waals surface area contributed by atoms with Crippen LogP contribution in [0.5, 0.6) is 0 Å². The number of nitrogens with one attached hydrogen (secondary N) is 2. The summed E-state index contributed by atoms with van der Waals surface area (Å²) in [4.78, 5) is 27.7. The van der Waals surface area contributed by atoms with E-state index in [1.165, 1.54) is 43.1 Å². The molecule has 0 aromatic carbocycles. The molecule has 152 valence electrons. The highest BCUT2D eigenvalue weighted by Gasteiger charge is 2.61. The average molecular weight is 413 g/mol. The van der Waals surface area contributed by atoms with E-state index in [-0.39, 0.29) is 17.2 Å². The molecule has 1 aliphatic heterocycles. The number of fused-ring (bicyclic) bond motifs is 1. The lowest BCUT2D eigenvalue weighted by Crippen LogP contribution is -2.37. The minimum absolute atomic E-state index is 0.129. The van der Waals surface area contributed by atoms with Crippen LogP contribution in [-0.4, -0.2) is 18.4 Å². The molecule has 2 aromatic rings. The van der Waals surface area contributed by atoms with Gasteiger partial charge in [0.2, 0.25) is 5.91 Å². The molecule has 4 atom stereocenters. The molecule has 2 amide bonds. The van der Waals surface area contributed by atoms with Crippen LogP contribution >= 0.6 is 11.3 Å². The molecule has 7 rings (SSSR count). The van der Waals surface area contributed by atoms with E-state index in [0.29, 0.717) is 53.6 Å². The van der Waals surface area contributed by atoms with E-state index in [4.69, 9.17) is 9.15 Å². The fourth-order valence-corrected chi connectivity index (χ4v) is 7.66. The zero-order valence-corrected chi connectivity index (χ0v) is 17.0. The van der Waals surface area contributed by atoms with Crippen LogP contribution in [0, 0.1) is 23.2 Å². The summed E-state index contributed by atoms with van der Waals surface area (Å²) < 4.78 is 10.7. The summed E-state index contributed by atoms with van der Waals surface area (Å²) in [6.45, 7) is 1.10. The van der Waals surface area contributed by atoms with Crippen molar-refractivity contribution in [2.24, 2.45) is 23.2 Å². The van der Waals surface area contributed by atoms with Crippen LogP contribution < -0.4 is 10.6 Å². The van der Waals surface area contributed by atoms with Crippen molar-refractivity contribution in [3.05, 3.63) is 34.6 Å². The van der Waals surface area contributed by atoms with Crippen LogP contribution in [0.3, 0.4) is 0 Å². The molecule has 2 aromatic heterocycles. The van der Waals surface area contributed by atoms with Crippen LogP contribution in [0.15, 0.2) is 23.0 Å². The van der Waals surface area contributed by atoms with Crippen molar-refractivity contribution in [2.45, 2.75) is 45.1 Å². The predicted molar refractivity (Wildman–Crippen MR) is 109 cm³/mol. The summed E-state index contributed by atoms with van der Waals surface area (Å²) in [7, 11) is 0. The number of hydrogen-bond acceptors (Lipinski definition) is 5. The maximum Gasteiger partial charge on any atom is 0.259 e. The Kier molecular flexibility index (Phi) is 3.93. The van der Waals surface area contributed by atoms with Gasteiger partial charge >= 0.3 is 0 Å². The van der Waals surface area contributed by atoms with E-state index in [0.717, 1.165) is 23.3 Å². The number of amides is 2. The van der Waals surface area contributed by atoms with Gasteiger partial charge in [-0.3, -0.25) is 9.59 Å². The number of hydrogen-bond donors (Lipinski definition) is 2. The smallest absolute Gasteiger partial charge is 0.259 e. The molecule has 29 heavy (non-hydrogen) atoms. The van der Waals surface area contributed by atoms with Gasteiger partial charge in [-0.15, -0.1) is 11.3 Å². The molecular weight excluding hydrogens is 388 g/mol. The third-order valence-corrected chi connectivity index (χ3v) is 8.62. The van der Waals surface area contributed by atoms with Gasteiger partial charge in [0.1, 0.15) is 11.3 Å². The molecule has 0 spiro atoms. The standard InChI is InChI=1S/C22H24N2O4S/c25-19(23-15-1-3-27-10-15)18-16-2-4-28-11-17(16)29-20(18)24-21(26)22-8-12-5-13(9-22)7-14(22)6-12/h1,3,10,12-14H,2,4-9,11H2,(H,23,25)(H,24,26)/t12-,13?,14?,22?/m1/s1. The van der Waals surface area contributed by atoms with E-state index in [1.807, 2.05) is 0 Å². The Balaban J connectivity index is 1.32. The molecule has 4 bridgehead atoms. The lowest BCUT2D eigenvalue weighted by molar-refractivity contribution is -0.127. The molecular formula is C22H24N2O4S. The molecule has 3 heterocycles. The highest BCUT2D eigenvalue weighted by atomic mass is 32.1. The van der Waals surface area contributed by atoms with Crippen molar-refractivity contribution in [3.63, 3.8) is 0 Å². The first-order chi connectivity index (χ1) is 14.1. The summed E-state index contributed by atoms with van der Waals surface area (Å²) in [6, 6.07) is 1.71. The van der Waals surface area contributed by atoms with Crippen molar-refractivity contribution in [1.82, 2.24) is 0 Å². The first-order valence-corrected chi connectivity index (χ1v) is 11.3. The van der Waals surface area contributed by atoms with Crippen LogP contribution in [0.1, 0.15) is 52.9 Å². The van der Waals surface area contributed by atoms with Crippen molar-refractivity contribution in [2.75, 3.05) is 17.2 Å². The molecule has 4 fully saturated rings. The Hall–Kier alpha value is -2.12. The van der Waals surface area contributed by atoms with E-state index < -0.39 is 0 Å². The number of rotatable bonds is 4. The molecule has 3 unspecified atom stereocenters. The molecule has 0 saturated heterocycles. The highest BCUT2D eigenvalue weighted by Crippen LogP contribution is 2.65. The van der Waals surface area contributed by atoms with Gasteiger partial charge in [0.25, 0.3) is 5.91 Å². The molecule has 0 radical (unpaired) electrons. The molecule has 4 aliphatic carbocycles. The Morgan fingerprint density at radius 3 is 2.72 bits per heavy atom. The Bertz CT molecular complexity index is 965. The largest absolute Gasteiger partial charge is 0.470 e. The number of ether oxygens (including phenoxy) is 1. The summed E-state index contributed by atoms with van der Waals surface area (Å²) in [5.74, 6) is 1.88. The summed E-state index contributed by atoms with van der Waals surface area (Å²) in [6.07, 6.45) is 9.46. The van der Waals surface area contributed by atoms with Crippen LogP contribution in [-0.2, 0) is 22.6 Å². The zero-order chi connectivity index (χ0) is 19.6. The Morgan fingerprint density at radius 1 is 1.14 bits per heavy atom. The van der Waals surface area contributed by atoms with Crippen LogP contribution in [0.25, 0.3) is 0 Å². The topological polar surface area (TPSA) is 80.6 Å². The maximum absolute atomic E-state index is 13.5. The average Bonchev–Trinajstić information content (AvgIpc) is 3.43. The van der Waals surface area contributed by atoms with E-state index in [9.17, 15) is 9.59 Å². The van der Waals surface area contributed by atoms with E-state index >= 15 is 0 Å². The van der Waals surface area contributed by atoms with Crippen LogP contribution in [0.2, 0.25) is 0 Å². The van der Waals surface area contributed by atoms with Gasteiger partial charge in [0, 0.05) is 4.88 Å². The van der Waals surface area contributed by atoms with Gasteiger partial charge in [-0.1, -0.05) is 0 Å². The van der Waals surface area contributed by atoms with Gasteiger partial charge in [0.05, 0.1) is 36.1 Å². The van der Waals surface area contributed by atoms with Gasteiger partial charge in [0.15, 0.2) is 0 Å². The number of thiophene rings is 1. The third kappa shape index (κ3) is 2.70. The Morgan fingerprint density at radius 2 is 1.97 bits per heavy atom. The lowest BCUT2D eigenvalue weighted by atomic mass is 9.75. The van der Waals surface area contributed by atoms with Crippen LogP contribution in [0.4, 0.5) is 10.7 Å². The minimum atomic E-state index is -0.215. The van der Waals surface area contributed by atoms with Gasteiger partial charge in [-0.05, 0) is 67.9 Å².